The summed E-state index contributed by atoms with van der Waals surface area (Å²) in [7, 11) is 5.74. The third-order valence-corrected chi connectivity index (χ3v) is 4.90. The van der Waals surface area contributed by atoms with Gasteiger partial charge in [-0.2, -0.15) is 0 Å². The second-order valence-corrected chi connectivity index (χ2v) is 7.02. The van der Waals surface area contributed by atoms with Crippen molar-refractivity contribution in [2.24, 2.45) is 4.99 Å². The molecular weight excluding hydrogens is 480 g/mol. The maximum absolute atomic E-state index is 13.6. The number of halogens is 2. The van der Waals surface area contributed by atoms with E-state index in [2.05, 4.69) is 49.9 Å². The molecule has 29 heavy (non-hydrogen) atoms. The van der Waals surface area contributed by atoms with Crippen LogP contribution in [0.1, 0.15) is 17.2 Å². The molecule has 7 heteroatoms. The molecule has 5 nitrogen and oxygen atoms in total. The number of guanidine groups is 1. The zero-order valence-corrected chi connectivity index (χ0v) is 19.4. The normalized spacial score (nSPS) is 12.7. The van der Waals surface area contributed by atoms with Crippen molar-refractivity contribution in [3.05, 3.63) is 71.7 Å². The highest BCUT2D eigenvalue weighted by Gasteiger charge is 2.15. The molecule has 0 fully saturated rings. The van der Waals surface area contributed by atoms with Gasteiger partial charge in [0, 0.05) is 37.2 Å². The van der Waals surface area contributed by atoms with Gasteiger partial charge in [-0.15, -0.1) is 24.0 Å². The maximum atomic E-state index is 13.6. The van der Waals surface area contributed by atoms with Gasteiger partial charge in [0.1, 0.15) is 5.82 Å². The molecule has 1 aromatic heterocycles. The molecule has 1 heterocycles. The Bertz CT molecular complexity index is 938. The predicted molar refractivity (Wildman–Crippen MR) is 130 cm³/mol. The number of hydrogen-bond donors (Lipinski definition) is 3. The van der Waals surface area contributed by atoms with Crippen LogP contribution in [0.3, 0.4) is 0 Å². The van der Waals surface area contributed by atoms with Crippen LogP contribution in [0, 0.1) is 5.82 Å². The minimum Gasteiger partial charge on any atom is -0.361 e. The van der Waals surface area contributed by atoms with E-state index in [0.717, 1.165) is 30.0 Å². The van der Waals surface area contributed by atoms with Crippen LogP contribution in [0.4, 0.5) is 4.39 Å². The predicted octanol–water partition coefficient (Wildman–Crippen LogP) is 3.94. The van der Waals surface area contributed by atoms with Gasteiger partial charge < -0.3 is 20.5 Å². The monoisotopic (exact) mass is 509 g/mol. The lowest BCUT2D eigenvalue weighted by molar-refractivity contribution is 0.297. The molecular formula is C22H29FIN5. The van der Waals surface area contributed by atoms with Crippen molar-refractivity contribution >= 4 is 40.8 Å². The zero-order valence-electron chi connectivity index (χ0n) is 17.1. The van der Waals surface area contributed by atoms with Crippen LogP contribution in [0.2, 0.25) is 0 Å². The lowest BCUT2D eigenvalue weighted by atomic mass is 10.1. The summed E-state index contributed by atoms with van der Waals surface area (Å²) in [5, 5.41) is 7.97. The van der Waals surface area contributed by atoms with Crippen molar-refractivity contribution < 1.29 is 4.39 Å². The molecule has 3 aromatic rings. The first kappa shape index (κ1) is 23.2. The number of H-pyrrole nitrogens is 1. The smallest absolute Gasteiger partial charge is 0.191 e. The highest BCUT2D eigenvalue weighted by molar-refractivity contribution is 14.0. The molecule has 2 aromatic carbocycles. The summed E-state index contributed by atoms with van der Waals surface area (Å²) in [6.45, 7) is 1.40. The number of rotatable bonds is 7. The van der Waals surface area contributed by atoms with Gasteiger partial charge in [-0.3, -0.25) is 4.99 Å². The third kappa shape index (κ3) is 6.17. The molecule has 0 aliphatic rings. The lowest BCUT2D eigenvalue weighted by Gasteiger charge is -2.26. The van der Waals surface area contributed by atoms with Crippen molar-refractivity contribution in [2.45, 2.75) is 12.5 Å². The molecule has 3 rings (SSSR count). The van der Waals surface area contributed by atoms with Gasteiger partial charge in [0.15, 0.2) is 5.96 Å². The molecule has 0 spiro atoms. The molecule has 0 bridgehead atoms. The van der Waals surface area contributed by atoms with Crippen LogP contribution in [0.25, 0.3) is 10.9 Å². The molecule has 1 atom stereocenters. The SMILES string of the molecule is CN=C(NCCc1c[nH]c2ccccc12)NCC(c1cccc(F)c1)N(C)C.I. The van der Waals surface area contributed by atoms with Gasteiger partial charge in [0.25, 0.3) is 0 Å². The van der Waals surface area contributed by atoms with E-state index < -0.39 is 0 Å². The summed E-state index contributed by atoms with van der Waals surface area (Å²) in [5.41, 5.74) is 3.38. The summed E-state index contributed by atoms with van der Waals surface area (Å²) < 4.78 is 13.6. The average molecular weight is 509 g/mol. The number of aromatic amines is 1. The fourth-order valence-corrected chi connectivity index (χ4v) is 3.38. The van der Waals surface area contributed by atoms with Crippen LogP contribution in [-0.2, 0) is 6.42 Å². The van der Waals surface area contributed by atoms with Gasteiger partial charge >= 0.3 is 0 Å². The molecule has 156 valence electrons. The largest absolute Gasteiger partial charge is 0.361 e. The molecule has 0 amide bonds. The first-order valence-corrected chi connectivity index (χ1v) is 9.50. The standard InChI is InChI=1S/C22H28FN5.HI/c1-24-22(25-12-11-17-14-26-20-10-5-4-9-19(17)20)27-15-21(28(2)3)16-7-6-8-18(23)13-16;/h4-10,13-14,21,26H,11-12,15H2,1-3H3,(H2,24,25,27);1H. The van der Waals surface area contributed by atoms with E-state index in [1.807, 2.05) is 26.2 Å². The summed E-state index contributed by atoms with van der Waals surface area (Å²) in [6, 6.07) is 15.1. The number of benzene rings is 2. The number of nitrogens with one attached hydrogen (secondary N) is 3. The van der Waals surface area contributed by atoms with Crippen LogP contribution < -0.4 is 10.6 Å². The Morgan fingerprint density at radius 1 is 1.14 bits per heavy atom. The number of fused-ring (bicyclic) bond motifs is 1. The Morgan fingerprint density at radius 2 is 1.93 bits per heavy atom. The minimum atomic E-state index is -0.217. The number of likely N-dealkylation sites (N-methyl/N-ethyl adjacent to an activating group) is 1. The Morgan fingerprint density at radius 3 is 2.66 bits per heavy atom. The lowest BCUT2D eigenvalue weighted by Crippen LogP contribution is -2.42. The van der Waals surface area contributed by atoms with Gasteiger partial charge in [-0.1, -0.05) is 30.3 Å². The third-order valence-electron chi connectivity index (χ3n) is 4.90. The highest BCUT2D eigenvalue weighted by atomic mass is 127. The fraction of sp³-hybridized carbons (Fsp3) is 0.318. The van der Waals surface area contributed by atoms with Gasteiger partial charge in [0.2, 0.25) is 0 Å². The van der Waals surface area contributed by atoms with Crippen molar-refractivity contribution in [3.8, 4) is 0 Å². The van der Waals surface area contributed by atoms with Crippen LogP contribution in [0.15, 0.2) is 59.7 Å². The zero-order chi connectivity index (χ0) is 19.9. The molecule has 0 aliphatic carbocycles. The molecule has 0 radical (unpaired) electrons. The second kappa shape index (κ2) is 11.2. The van der Waals surface area contributed by atoms with Crippen molar-refractivity contribution in [2.75, 3.05) is 34.2 Å². The molecule has 3 N–H and O–H groups in total. The number of aromatic nitrogens is 1. The van der Waals surface area contributed by atoms with E-state index in [9.17, 15) is 4.39 Å². The Kier molecular flexibility index (Phi) is 8.91. The van der Waals surface area contributed by atoms with Gasteiger partial charge in [-0.05, 0) is 49.8 Å². The molecule has 0 aliphatic heterocycles. The molecule has 1 unspecified atom stereocenters. The second-order valence-electron chi connectivity index (χ2n) is 7.02. The Labute approximate surface area is 188 Å². The van der Waals surface area contributed by atoms with E-state index in [4.69, 9.17) is 0 Å². The number of nitrogens with zero attached hydrogens (tertiary/aromatic N) is 2. The van der Waals surface area contributed by atoms with E-state index in [0.29, 0.717) is 6.54 Å². The van der Waals surface area contributed by atoms with E-state index in [1.54, 1.807) is 19.2 Å². The fourth-order valence-electron chi connectivity index (χ4n) is 3.38. The number of hydrogen-bond acceptors (Lipinski definition) is 2. The summed E-state index contributed by atoms with van der Waals surface area (Å²) in [6.07, 6.45) is 2.96. The van der Waals surface area contributed by atoms with Crippen molar-refractivity contribution in [1.82, 2.24) is 20.5 Å². The average Bonchev–Trinajstić information content (AvgIpc) is 3.10. The topological polar surface area (TPSA) is 55.5 Å². The summed E-state index contributed by atoms with van der Waals surface area (Å²) >= 11 is 0. The molecule has 0 saturated carbocycles. The summed E-state index contributed by atoms with van der Waals surface area (Å²) in [4.78, 5) is 9.68. The Hall–Kier alpha value is -2.13. The van der Waals surface area contributed by atoms with Gasteiger partial charge in [0.05, 0.1) is 6.04 Å². The van der Waals surface area contributed by atoms with Crippen LogP contribution in [0.5, 0.6) is 0 Å². The Balaban J connectivity index is 0.00000300. The number of aliphatic imine (C=N–C) groups is 1. The first-order valence-electron chi connectivity index (χ1n) is 9.50. The molecule has 0 saturated heterocycles. The highest BCUT2D eigenvalue weighted by Crippen LogP contribution is 2.19. The van der Waals surface area contributed by atoms with Crippen LogP contribution >= 0.6 is 24.0 Å². The van der Waals surface area contributed by atoms with E-state index in [1.165, 1.54) is 17.0 Å². The number of para-hydroxylation sites is 1. The van der Waals surface area contributed by atoms with E-state index in [-0.39, 0.29) is 35.8 Å². The van der Waals surface area contributed by atoms with Gasteiger partial charge in [-0.25, -0.2) is 4.39 Å². The summed E-state index contributed by atoms with van der Waals surface area (Å²) in [5.74, 6) is 0.522. The van der Waals surface area contributed by atoms with Crippen molar-refractivity contribution in [1.29, 1.82) is 0 Å². The van der Waals surface area contributed by atoms with E-state index >= 15 is 0 Å². The minimum absolute atomic E-state index is 0. The van der Waals surface area contributed by atoms with Crippen molar-refractivity contribution in [3.63, 3.8) is 0 Å². The quantitative estimate of drug-likeness (QED) is 0.257. The maximum Gasteiger partial charge on any atom is 0.191 e. The first-order chi connectivity index (χ1) is 13.6. The van der Waals surface area contributed by atoms with Crippen LogP contribution in [-0.4, -0.2) is 50.1 Å².